The number of benzene rings is 4. The van der Waals surface area contributed by atoms with E-state index in [1.807, 2.05) is 30.3 Å². The fourth-order valence-corrected chi connectivity index (χ4v) is 11.9. The summed E-state index contributed by atoms with van der Waals surface area (Å²) >= 11 is 4.45. The third kappa shape index (κ3) is 3.84. The topological polar surface area (TPSA) is 26.3 Å². The Hall–Kier alpha value is -2.74. The number of rotatable bonds is 6. The molecule has 0 aliphatic heterocycles. The van der Waals surface area contributed by atoms with Crippen LogP contribution in [0, 0.1) is 0 Å². The summed E-state index contributed by atoms with van der Waals surface area (Å²) in [6.07, 6.45) is 0.731. The van der Waals surface area contributed by atoms with Crippen molar-refractivity contribution in [1.29, 1.82) is 0 Å². The van der Waals surface area contributed by atoms with Crippen LogP contribution < -0.4 is 15.9 Å². The van der Waals surface area contributed by atoms with E-state index in [1.165, 1.54) is 23.0 Å². The first kappa shape index (κ1) is 21.5. The first-order chi connectivity index (χ1) is 15.1. The van der Waals surface area contributed by atoms with Crippen molar-refractivity contribution in [3.05, 3.63) is 126 Å². The van der Waals surface area contributed by atoms with Gasteiger partial charge in [-0.25, -0.2) is 0 Å². The second kappa shape index (κ2) is 8.78. The van der Waals surface area contributed by atoms with Gasteiger partial charge in [-0.1, -0.05) is 0 Å². The Kier molecular flexibility index (Phi) is 6.09. The molecular formula is C27H24BrO2P. The summed E-state index contributed by atoms with van der Waals surface area (Å²) in [4.78, 5) is 12.2. The van der Waals surface area contributed by atoms with Gasteiger partial charge in [0.2, 0.25) is 0 Å². The van der Waals surface area contributed by atoms with Crippen LogP contribution in [0.1, 0.15) is 15.9 Å². The van der Waals surface area contributed by atoms with Crippen LogP contribution >= 0.6 is 20.8 Å². The van der Waals surface area contributed by atoms with Gasteiger partial charge in [0.1, 0.15) is 0 Å². The van der Waals surface area contributed by atoms with Gasteiger partial charge in [-0.15, -0.1) is 0 Å². The van der Waals surface area contributed by atoms with Crippen molar-refractivity contribution < 1.29 is 9.53 Å². The number of ether oxygens (including phenoxy) is 1. The molecule has 0 bridgehead atoms. The number of methoxy groups -OCH3 is 1. The molecule has 0 aromatic heterocycles. The molecule has 156 valence electrons. The van der Waals surface area contributed by atoms with E-state index in [4.69, 9.17) is 4.74 Å². The Morgan fingerprint density at radius 2 is 1.16 bits per heavy atom. The van der Waals surface area contributed by atoms with Crippen molar-refractivity contribution in [2.24, 2.45) is 0 Å². The molecule has 4 aromatic rings. The Labute approximate surface area is 191 Å². The molecule has 0 saturated heterocycles. The SMILES string of the molecule is COC(=O)c1cccc(CP(Br)(c2ccccc2)(c2ccccc2)c2ccccc2)c1. The van der Waals surface area contributed by atoms with Gasteiger partial charge in [-0.3, -0.25) is 0 Å². The van der Waals surface area contributed by atoms with Crippen LogP contribution in [0.25, 0.3) is 0 Å². The zero-order chi connectivity index (χ0) is 21.8. The standard InChI is InChI=1S/C27H24BrO2P/c1-30-27(29)23-13-11-12-22(20-23)21-31(28,24-14-5-2-6-15-24,25-16-7-3-8-17-25)26-18-9-4-10-19-26/h2-20H,21H2,1H3. The number of esters is 1. The van der Waals surface area contributed by atoms with Crippen molar-refractivity contribution in [2.75, 3.05) is 7.11 Å². The van der Waals surface area contributed by atoms with E-state index >= 15 is 0 Å². The van der Waals surface area contributed by atoms with Gasteiger partial charge in [0.05, 0.1) is 0 Å². The molecule has 4 rings (SSSR count). The average molecular weight is 491 g/mol. The predicted octanol–water partition coefficient (Wildman–Crippen LogP) is 5.81. The summed E-state index contributed by atoms with van der Waals surface area (Å²) in [5, 5.41) is 0.644. The van der Waals surface area contributed by atoms with Crippen molar-refractivity contribution in [2.45, 2.75) is 6.16 Å². The summed E-state index contributed by atoms with van der Waals surface area (Å²) in [6, 6.07) is 39.7. The number of hydrogen-bond donors (Lipinski definition) is 0. The molecule has 0 aliphatic carbocycles. The van der Waals surface area contributed by atoms with Crippen LogP contribution in [0.5, 0.6) is 0 Å². The van der Waals surface area contributed by atoms with Crippen molar-refractivity contribution in [1.82, 2.24) is 0 Å². The van der Waals surface area contributed by atoms with Crippen LogP contribution in [0.3, 0.4) is 0 Å². The summed E-state index contributed by atoms with van der Waals surface area (Å²) in [7, 11) is 1.41. The molecule has 2 nitrogen and oxygen atoms in total. The van der Waals surface area contributed by atoms with E-state index < -0.39 is 5.31 Å². The summed E-state index contributed by atoms with van der Waals surface area (Å²) < 4.78 is 4.96. The Bertz CT molecular complexity index is 1080. The van der Waals surface area contributed by atoms with Crippen molar-refractivity contribution in [3.8, 4) is 0 Å². The van der Waals surface area contributed by atoms with E-state index in [0.717, 1.165) is 11.7 Å². The maximum atomic E-state index is 12.2. The Morgan fingerprint density at radius 1 is 0.710 bits per heavy atom. The number of hydrogen-bond acceptors (Lipinski definition) is 2. The van der Waals surface area contributed by atoms with Crippen LogP contribution in [0.2, 0.25) is 0 Å². The van der Waals surface area contributed by atoms with Crippen molar-refractivity contribution >= 4 is 42.7 Å². The van der Waals surface area contributed by atoms with E-state index in [0.29, 0.717) is 5.56 Å². The first-order valence-corrected chi connectivity index (χ1v) is 14.6. The van der Waals surface area contributed by atoms with E-state index in [9.17, 15) is 4.79 Å². The van der Waals surface area contributed by atoms with E-state index in [-0.39, 0.29) is 5.97 Å². The van der Waals surface area contributed by atoms with Crippen LogP contribution in [-0.4, -0.2) is 13.1 Å². The average Bonchev–Trinajstić information content (AvgIpc) is 2.85. The molecular weight excluding hydrogens is 467 g/mol. The monoisotopic (exact) mass is 490 g/mol. The van der Waals surface area contributed by atoms with Gasteiger partial charge in [-0.2, -0.15) is 0 Å². The molecule has 4 heteroatoms. The molecule has 0 fully saturated rings. The molecule has 0 N–H and O–H groups in total. The summed E-state index contributed by atoms with van der Waals surface area (Å²) in [5.74, 6) is -0.323. The van der Waals surface area contributed by atoms with Crippen LogP contribution in [-0.2, 0) is 10.9 Å². The van der Waals surface area contributed by atoms with Gasteiger partial charge < -0.3 is 0 Å². The van der Waals surface area contributed by atoms with Gasteiger partial charge in [-0.05, 0) is 0 Å². The third-order valence-electron chi connectivity index (χ3n) is 5.71. The molecule has 0 saturated carbocycles. The van der Waals surface area contributed by atoms with Gasteiger partial charge in [0.15, 0.2) is 0 Å². The van der Waals surface area contributed by atoms with Crippen molar-refractivity contribution in [3.63, 3.8) is 0 Å². The maximum absolute atomic E-state index is 12.2. The molecule has 0 amide bonds. The van der Waals surface area contributed by atoms with Crippen LogP contribution in [0.15, 0.2) is 115 Å². The van der Waals surface area contributed by atoms with E-state index in [2.05, 4.69) is 94.4 Å². The Balaban J connectivity index is 2.03. The zero-order valence-electron chi connectivity index (χ0n) is 17.3. The number of carbonyl (C=O) groups excluding carboxylic acids is 1. The molecule has 0 atom stereocenters. The molecule has 0 unspecified atom stereocenters. The fourth-order valence-electron chi connectivity index (χ4n) is 4.19. The molecule has 4 aromatic carbocycles. The molecule has 0 aliphatic rings. The van der Waals surface area contributed by atoms with Gasteiger partial charge >= 0.3 is 192 Å². The Morgan fingerprint density at radius 3 is 1.58 bits per heavy atom. The first-order valence-electron chi connectivity index (χ1n) is 10.1. The quantitative estimate of drug-likeness (QED) is 0.251. The zero-order valence-corrected chi connectivity index (χ0v) is 19.8. The fraction of sp³-hybridized carbons (Fsp3) is 0.0741. The number of carbonyl (C=O) groups is 1. The summed E-state index contributed by atoms with van der Waals surface area (Å²) in [6.45, 7) is 0. The van der Waals surface area contributed by atoms with Gasteiger partial charge in [0.25, 0.3) is 0 Å². The summed E-state index contributed by atoms with van der Waals surface area (Å²) in [5.41, 5.74) is 1.64. The predicted molar refractivity (Wildman–Crippen MR) is 136 cm³/mol. The minimum absolute atomic E-state index is 0.323. The minimum atomic E-state index is -3.09. The molecule has 31 heavy (non-hydrogen) atoms. The second-order valence-corrected chi connectivity index (χ2v) is 16.5. The number of halogens is 1. The normalized spacial score (nSPS) is 12.5. The second-order valence-electron chi connectivity index (χ2n) is 7.54. The van der Waals surface area contributed by atoms with Gasteiger partial charge in [0, 0.05) is 0 Å². The van der Waals surface area contributed by atoms with E-state index in [1.54, 1.807) is 6.07 Å². The molecule has 0 spiro atoms. The third-order valence-corrected chi connectivity index (χ3v) is 15.2. The van der Waals surface area contributed by atoms with Crippen LogP contribution in [0.4, 0.5) is 0 Å². The molecule has 0 heterocycles. The molecule has 0 radical (unpaired) electrons.